The van der Waals surface area contributed by atoms with E-state index in [0.29, 0.717) is 0 Å². The van der Waals surface area contributed by atoms with Crippen molar-refractivity contribution in [3.8, 4) is 0 Å². The standard InChI is InChI=1S/C17H14BrOPS/c1-13-12-16(21-17(13)18)20(19,14-8-4-2-5-9-14)15-10-6-3-7-11-15/h2-12H,1H3. The number of halogens is 1. The summed E-state index contributed by atoms with van der Waals surface area (Å²) < 4.78 is 15.9. The lowest BCUT2D eigenvalue weighted by Gasteiger charge is -2.17. The average Bonchev–Trinajstić information content (AvgIpc) is 2.88. The highest BCUT2D eigenvalue weighted by atomic mass is 79.9. The fourth-order valence-corrected chi connectivity index (χ4v) is 7.72. The first-order chi connectivity index (χ1) is 10.1. The maximum atomic E-state index is 14.0. The molecule has 0 N–H and O–H groups in total. The highest BCUT2D eigenvalue weighted by molar-refractivity contribution is 9.11. The normalized spacial score (nSPS) is 11.5. The van der Waals surface area contributed by atoms with Crippen LogP contribution in [0.15, 0.2) is 70.5 Å². The lowest BCUT2D eigenvalue weighted by Crippen LogP contribution is -2.23. The van der Waals surface area contributed by atoms with Crippen LogP contribution < -0.4 is 15.2 Å². The van der Waals surface area contributed by atoms with Crippen molar-refractivity contribution >= 4 is 49.6 Å². The summed E-state index contributed by atoms with van der Waals surface area (Å²) in [5, 5.41) is 1.76. The van der Waals surface area contributed by atoms with E-state index in [9.17, 15) is 4.57 Å². The molecular weight excluding hydrogens is 363 g/mol. The van der Waals surface area contributed by atoms with E-state index in [2.05, 4.69) is 15.9 Å². The van der Waals surface area contributed by atoms with Crippen LogP contribution in [0.5, 0.6) is 0 Å². The van der Waals surface area contributed by atoms with Gasteiger partial charge in [-0.05, 0) is 34.5 Å². The third kappa shape index (κ3) is 2.66. The highest BCUT2D eigenvalue weighted by Gasteiger charge is 2.31. The Bertz CT molecular complexity index is 733. The first-order valence-electron chi connectivity index (χ1n) is 6.60. The van der Waals surface area contributed by atoms with Gasteiger partial charge in [0.1, 0.15) is 0 Å². The quantitative estimate of drug-likeness (QED) is 0.616. The monoisotopic (exact) mass is 376 g/mol. The molecule has 0 spiro atoms. The second-order valence-corrected chi connectivity index (χ2v) is 10.2. The van der Waals surface area contributed by atoms with E-state index in [1.54, 1.807) is 11.3 Å². The van der Waals surface area contributed by atoms with Crippen LogP contribution in [0, 0.1) is 6.92 Å². The Morgan fingerprint density at radius 3 is 1.76 bits per heavy atom. The van der Waals surface area contributed by atoms with Crippen molar-refractivity contribution in [2.24, 2.45) is 0 Å². The number of aryl methyl sites for hydroxylation is 1. The number of hydrogen-bond donors (Lipinski definition) is 0. The lowest BCUT2D eigenvalue weighted by atomic mass is 10.4. The number of benzene rings is 2. The number of rotatable bonds is 3. The Kier molecular flexibility index (Phi) is 4.17. The molecule has 0 aliphatic heterocycles. The zero-order chi connectivity index (χ0) is 14.9. The Labute approximate surface area is 137 Å². The van der Waals surface area contributed by atoms with Crippen LogP contribution in [-0.2, 0) is 4.57 Å². The highest BCUT2D eigenvalue weighted by Crippen LogP contribution is 2.45. The lowest BCUT2D eigenvalue weighted by molar-refractivity contribution is 0.593. The minimum atomic E-state index is -2.79. The molecule has 3 aromatic rings. The minimum Gasteiger partial charge on any atom is -0.308 e. The first-order valence-corrected chi connectivity index (χ1v) is 9.92. The Morgan fingerprint density at radius 1 is 0.905 bits per heavy atom. The van der Waals surface area contributed by atoms with Gasteiger partial charge in [-0.25, -0.2) is 0 Å². The molecule has 0 amide bonds. The van der Waals surface area contributed by atoms with Gasteiger partial charge in [-0.2, -0.15) is 0 Å². The van der Waals surface area contributed by atoms with Gasteiger partial charge in [-0.1, -0.05) is 60.7 Å². The first kappa shape index (κ1) is 14.8. The molecule has 2 aromatic carbocycles. The van der Waals surface area contributed by atoms with Crippen molar-refractivity contribution < 1.29 is 4.57 Å². The van der Waals surface area contributed by atoms with Crippen LogP contribution in [0.2, 0.25) is 0 Å². The average molecular weight is 377 g/mol. The van der Waals surface area contributed by atoms with Gasteiger partial charge in [0.05, 0.1) is 8.40 Å². The van der Waals surface area contributed by atoms with Gasteiger partial charge in [0, 0.05) is 10.6 Å². The van der Waals surface area contributed by atoms with E-state index < -0.39 is 7.14 Å². The topological polar surface area (TPSA) is 17.1 Å². The summed E-state index contributed by atoms with van der Waals surface area (Å²) in [6.07, 6.45) is 0. The maximum Gasteiger partial charge on any atom is 0.180 e. The fourth-order valence-electron chi connectivity index (χ4n) is 2.28. The SMILES string of the molecule is Cc1cc(P(=O)(c2ccccc2)c2ccccc2)sc1Br. The molecule has 0 bridgehead atoms. The van der Waals surface area contributed by atoms with Crippen LogP contribution in [0.4, 0.5) is 0 Å². The molecule has 0 aliphatic rings. The zero-order valence-corrected chi connectivity index (χ0v) is 14.8. The molecule has 0 radical (unpaired) electrons. The molecule has 1 nitrogen and oxygen atoms in total. The molecule has 1 heterocycles. The molecular formula is C17H14BrOPS. The molecule has 0 saturated heterocycles. The molecule has 4 heteroatoms. The van der Waals surface area contributed by atoms with Gasteiger partial charge in [-0.15, -0.1) is 11.3 Å². The van der Waals surface area contributed by atoms with Crippen LogP contribution in [-0.4, -0.2) is 0 Å². The van der Waals surface area contributed by atoms with Crippen molar-refractivity contribution in [2.75, 3.05) is 0 Å². The molecule has 106 valence electrons. The predicted molar refractivity (Wildman–Crippen MR) is 96.1 cm³/mol. The van der Waals surface area contributed by atoms with Crippen LogP contribution >= 0.6 is 34.4 Å². The largest absolute Gasteiger partial charge is 0.308 e. The second kappa shape index (κ2) is 5.92. The molecule has 0 fully saturated rings. The summed E-state index contributed by atoms with van der Waals surface area (Å²) in [6.45, 7) is 2.03. The van der Waals surface area contributed by atoms with E-state index in [4.69, 9.17) is 0 Å². The van der Waals surface area contributed by atoms with Crippen molar-refractivity contribution in [2.45, 2.75) is 6.92 Å². The zero-order valence-electron chi connectivity index (χ0n) is 11.5. The molecule has 0 saturated carbocycles. The number of thiophene rings is 1. The van der Waals surface area contributed by atoms with Gasteiger partial charge in [-0.3, -0.25) is 0 Å². The third-order valence-corrected chi connectivity index (χ3v) is 9.18. The van der Waals surface area contributed by atoms with Crippen LogP contribution in [0.1, 0.15) is 5.56 Å². The third-order valence-electron chi connectivity index (χ3n) is 3.39. The van der Waals surface area contributed by atoms with E-state index in [1.807, 2.05) is 73.7 Å². The van der Waals surface area contributed by atoms with E-state index in [1.165, 1.54) is 0 Å². The molecule has 1 aromatic heterocycles. The van der Waals surface area contributed by atoms with Crippen molar-refractivity contribution in [1.29, 1.82) is 0 Å². The smallest absolute Gasteiger partial charge is 0.180 e. The molecule has 3 rings (SSSR count). The summed E-state index contributed by atoms with van der Waals surface area (Å²) in [4.78, 5) is 0. The van der Waals surface area contributed by atoms with Crippen molar-refractivity contribution in [3.05, 3.63) is 76.1 Å². The Balaban J connectivity index is 2.28. The van der Waals surface area contributed by atoms with Crippen molar-refractivity contribution in [1.82, 2.24) is 0 Å². The second-order valence-electron chi connectivity index (χ2n) is 4.82. The summed E-state index contributed by atoms with van der Waals surface area (Å²) in [7, 11) is -2.79. The summed E-state index contributed by atoms with van der Waals surface area (Å²) in [6, 6.07) is 21.5. The maximum absolute atomic E-state index is 14.0. The molecule has 0 unspecified atom stereocenters. The van der Waals surface area contributed by atoms with Gasteiger partial charge >= 0.3 is 0 Å². The van der Waals surface area contributed by atoms with E-state index in [0.717, 1.165) is 24.6 Å². The van der Waals surface area contributed by atoms with Gasteiger partial charge < -0.3 is 4.57 Å². The fraction of sp³-hybridized carbons (Fsp3) is 0.0588. The minimum absolute atomic E-state index is 0.880. The van der Waals surface area contributed by atoms with Gasteiger partial charge in [0.15, 0.2) is 7.14 Å². The van der Waals surface area contributed by atoms with E-state index in [-0.39, 0.29) is 0 Å². The molecule has 0 aliphatic carbocycles. The summed E-state index contributed by atoms with van der Waals surface area (Å²) in [5.74, 6) is 0. The van der Waals surface area contributed by atoms with Gasteiger partial charge in [0.2, 0.25) is 0 Å². The predicted octanol–water partition coefficient (Wildman–Crippen LogP) is 4.46. The van der Waals surface area contributed by atoms with Gasteiger partial charge in [0.25, 0.3) is 0 Å². The summed E-state index contributed by atoms with van der Waals surface area (Å²) in [5.41, 5.74) is 1.13. The van der Waals surface area contributed by atoms with Crippen LogP contribution in [0.25, 0.3) is 0 Å². The number of hydrogen-bond acceptors (Lipinski definition) is 2. The Morgan fingerprint density at radius 2 is 1.38 bits per heavy atom. The Hall–Kier alpha value is -1.15. The van der Waals surface area contributed by atoms with E-state index >= 15 is 0 Å². The molecule has 21 heavy (non-hydrogen) atoms. The van der Waals surface area contributed by atoms with Crippen molar-refractivity contribution in [3.63, 3.8) is 0 Å². The van der Waals surface area contributed by atoms with Crippen LogP contribution in [0.3, 0.4) is 0 Å². The summed E-state index contributed by atoms with van der Waals surface area (Å²) >= 11 is 5.12. The molecule has 0 atom stereocenters.